The lowest BCUT2D eigenvalue weighted by atomic mass is 9.95. The van der Waals surface area contributed by atoms with Crippen LogP contribution in [0.1, 0.15) is 34.6 Å². The van der Waals surface area contributed by atoms with Gasteiger partial charge in [0.15, 0.2) is 0 Å². The van der Waals surface area contributed by atoms with Crippen LogP contribution < -0.4 is 0 Å². The van der Waals surface area contributed by atoms with Crippen molar-refractivity contribution in [3.8, 4) is 0 Å². The first-order chi connectivity index (χ1) is 6.25. The van der Waals surface area contributed by atoms with E-state index in [1.165, 1.54) is 0 Å². The molecule has 0 N–H and O–H groups in total. The zero-order chi connectivity index (χ0) is 11.4. The van der Waals surface area contributed by atoms with Crippen LogP contribution in [-0.2, 0) is 9.53 Å². The monoisotopic (exact) mass is 201 g/mol. The minimum absolute atomic E-state index is 0.157. The van der Waals surface area contributed by atoms with Crippen molar-refractivity contribution in [1.29, 1.82) is 0 Å². The molecule has 0 heterocycles. The highest BCUT2D eigenvalue weighted by molar-refractivity contribution is 5.81. The van der Waals surface area contributed by atoms with Crippen LogP contribution in [0.4, 0.5) is 0 Å². The summed E-state index contributed by atoms with van der Waals surface area (Å²) in [6.45, 7) is 11.0. The Hall–Kier alpha value is -0.570. The molecule has 14 heavy (non-hydrogen) atoms. The van der Waals surface area contributed by atoms with Gasteiger partial charge in [0.2, 0.25) is 5.91 Å². The zero-order valence-corrected chi connectivity index (χ0v) is 10.3. The molecule has 0 spiro atoms. The molecular formula is C11H23NO2. The first-order valence-electron chi connectivity index (χ1n) is 5.12. The van der Waals surface area contributed by atoms with Crippen LogP contribution in [0.2, 0.25) is 0 Å². The molecule has 0 aliphatic heterocycles. The summed E-state index contributed by atoms with van der Waals surface area (Å²) in [5.74, 6) is 0.157. The van der Waals surface area contributed by atoms with E-state index in [-0.39, 0.29) is 17.4 Å². The van der Waals surface area contributed by atoms with E-state index in [2.05, 4.69) is 0 Å². The summed E-state index contributed by atoms with van der Waals surface area (Å²) >= 11 is 0. The number of likely N-dealkylation sites (N-methyl/N-ethyl adjacent to an activating group) is 1. The maximum absolute atomic E-state index is 11.7. The number of hydrogen-bond donors (Lipinski definition) is 0. The van der Waals surface area contributed by atoms with Crippen molar-refractivity contribution in [1.82, 2.24) is 4.90 Å². The van der Waals surface area contributed by atoms with Gasteiger partial charge in [-0.1, -0.05) is 20.8 Å². The number of amides is 1. The second-order valence-corrected chi connectivity index (χ2v) is 4.90. The molecule has 0 atom stereocenters. The lowest BCUT2D eigenvalue weighted by Crippen LogP contribution is -2.38. The molecule has 1 amide bonds. The average Bonchev–Trinajstić information content (AvgIpc) is 2.00. The van der Waals surface area contributed by atoms with Gasteiger partial charge in [-0.2, -0.15) is 0 Å². The largest absolute Gasteiger partial charge is 0.377 e. The number of rotatable bonds is 4. The van der Waals surface area contributed by atoms with Crippen LogP contribution in [0.3, 0.4) is 0 Å². The molecule has 0 fully saturated rings. The van der Waals surface area contributed by atoms with E-state index in [9.17, 15) is 4.79 Å². The van der Waals surface area contributed by atoms with E-state index in [4.69, 9.17) is 4.74 Å². The summed E-state index contributed by atoms with van der Waals surface area (Å²) in [7, 11) is 1.82. The van der Waals surface area contributed by atoms with Gasteiger partial charge in [-0.25, -0.2) is 0 Å². The quantitative estimate of drug-likeness (QED) is 0.695. The van der Waals surface area contributed by atoms with Crippen LogP contribution in [0.15, 0.2) is 0 Å². The van der Waals surface area contributed by atoms with Crippen molar-refractivity contribution in [3.05, 3.63) is 0 Å². The minimum atomic E-state index is -0.299. The second kappa shape index (κ2) is 5.35. The predicted octanol–water partition coefficient (Wildman–Crippen LogP) is 1.92. The molecule has 0 rings (SSSR count). The summed E-state index contributed by atoms with van der Waals surface area (Å²) in [6, 6.07) is 0. The smallest absolute Gasteiger partial charge is 0.227 e. The Kier molecular flexibility index (Phi) is 5.13. The van der Waals surface area contributed by atoms with Crippen LogP contribution in [0.25, 0.3) is 0 Å². The molecule has 0 aliphatic carbocycles. The molecule has 0 unspecified atom stereocenters. The molecule has 0 radical (unpaired) electrons. The van der Waals surface area contributed by atoms with Crippen molar-refractivity contribution in [3.63, 3.8) is 0 Å². The molecule has 3 heteroatoms. The van der Waals surface area contributed by atoms with Crippen molar-refractivity contribution < 1.29 is 9.53 Å². The molecule has 0 aliphatic rings. The normalized spacial score (nSPS) is 11.9. The van der Waals surface area contributed by atoms with E-state index in [0.29, 0.717) is 13.2 Å². The third kappa shape index (κ3) is 5.22. The predicted molar refractivity (Wildman–Crippen MR) is 58.2 cm³/mol. The van der Waals surface area contributed by atoms with Crippen LogP contribution in [-0.4, -0.2) is 37.1 Å². The van der Waals surface area contributed by atoms with Crippen molar-refractivity contribution in [2.45, 2.75) is 40.7 Å². The number of carbonyl (C=O) groups excluding carboxylic acids is 1. The van der Waals surface area contributed by atoms with Crippen LogP contribution in [0.5, 0.6) is 0 Å². The van der Waals surface area contributed by atoms with Crippen molar-refractivity contribution in [2.75, 3.05) is 20.2 Å². The standard InChI is InChI=1S/C11H23NO2/c1-9(2)14-8-7-12(6)10(13)11(3,4)5/h9H,7-8H2,1-6H3. The SMILES string of the molecule is CC(C)OCCN(C)C(=O)C(C)(C)C. The third-order valence-corrected chi connectivity index (χ3v) is 1.87. The number of carbonyl (C=O) groups is 1. The molecule has 3 nitrogen and oxygen atoms in total. The maximum atomic E-state index is 11.7. The van der Waals surface area contributed by atoms with Crippen molar-refractivity contribution in [2.24, 2.45) is 5.41 Å². The number of hydrogen-bond acceptors (Lipinski definition) is 2. The fourth-order valence-electron chi connectivity index (χ4n) is 1.10. The molecule has 0 saturated carbocycles. The van der Waals surface area contributed by atoms with Gasteiger partial charge in [-0.05, 0) is 13.8 Å². The van der Waals surface area contributed by atoms with E-state index < -0.39 is 0 Å². The summed E-state index contributed by atoms with van der Waals surface area (Å²) in [5, 5.41) is 0. The molecule has 0 saturated heterocycles. The van der Waals surface area contributed by atoms with Gasteiger partial charge in [0.1, 0.15) is 0 Å². The Morgan fingerprint density at radius 1 is 1.36 bits per heavy atom. The zero-order valence-electron chi connectivity index (χ0n) is 10.3. The van der Waals surface area contributed by atoms with Crippen molar-refractivity contribution >= 4 is 5.91 Å². The van der Waals surface area contributed by atoms with Gasteiger partial charge in [-0.3, -0.25) is 4.79 Å². The van der Waals surface area contributed by atoms with Gasteiger partial charge in [-0.15, -0.1) is 0 Å². The summed E-state index contributed by atoms with van der Waals surface area (Å²) in [4.78, 5) is 13.4. The molecular weight excluding hydrogens is 178 g/mol. The highest BCUT2D eigenvalue weighted by atomic mass is 16.5. The van der Waals surface area contributed by atoms with E-state index >= 15 is 0 Å². The lowest BCUT2D eigenvalue weighted by Gasteiger charge is -2.26. The topological polar surface area (TPSA) is 29.5 Å². The summed E-state index contributed by atoms with van der Waals surface area (Å²) in [5.41, 5.74) is -0.299. The van der Waals surface area contributed by atoms with E-state index in [0.717, 1.165) is 0 Å². The third-order valence-electron chi connectivity index (χ3n) is 1.87. The Morgan fingerprint density at radius 3 is 2.21 bits per heavy atom. The van der Waals surface area contributed by atoms with Crippen LogP contribution in [0, 0.1) is 5.41 Å². The maximum Gasteiger partial charge on any atom is 0.227 e. The molecule has 0 aromatic rings. The second-order valence-electron chi connectivity index (χ2n) is 4.90. The van der Waals surface area contributed by atoms with E-state index in [1.54, 1.807) is 4.90 Å². The van der Waals surface area contributed by atoms with Gasteiger partial charge in [0.05, 0.1) is 12.7 Å². The Morgan fingerprint density at radius 2 is 1.86 bits per heavy atom. The minimum Gasteiger partial charge on any atom is -0.377 e. The molecule has 0 aromatic heterocycles. The average molecular weight is 201 g/mol. The first-order valence-corrected chi connectivity index (χ1v) is 5.12. The first kappa shape index (κ1) is 13.4. The van der Waals surface area contributed by atoms with Crippen LogP contribution >= 0.6 is 0 Å². The Labute approximate surface area is 87.4 Å². The molecule has 84 valence electrons. The highest BCUT2D eigenvalue weighted by Gasteiger charge is 2.24. The number of ether oxygens (including phenoxy) is 1. The Balaban J connectivity index is 3.86. The Bertz CT molecular complexity index is 182. The summed E-state index contributed by atoms with van der Waals surface area (Å²) in [6.07, 6.45) is 0.230. The molecule has 0 aromatic carbocycles. The fourth-order valence-corrected chi connectivity index (χ4v) is 1.10. The van der Waals surface area contributed by atoms with Gasteiger partial charge >= 0.3 is 0 Å². The fraction of sp³-hybridized carbons (Fsp3) is 0.909. The lowest BCUT2D eigenvalue weighted by molar-refractivity contribution is -0.138. The highest BCUT2D eigenvalue weighted by Crippen LogP contribution is 2.15. The summed E-state index contributed by atoms with van der Waals surface area (Å²) < 4.78 is 5.38. The van der Waals surface area contributed by atoms with E-state index in [1.807, 2.05) is 41.7 Å². The van der Waals surface area contributed by atoms with Gasteiger partial charge in [0, 0.05) is 19.0 Å². The van der Waals surface area contributed by atoms with Gasteiger partial charge in [0.25, 0.3) is 0 Å². The van der Waals surface area contributed by atoms with Gasteiger partial charge < -0.3 is 9.64 Å². The molecule has 0 bridgehead atoms. The number of nitrogens with zero attached hydrogens (tertiary/aromatic N) is 1.